The number of aromatic carboxylic acids is 1. The molecule has 0 saturated carbocycles. The third-order valence-corrected chi connectivity index (χ3v) is 10.6. The van der Waals surface area contributed by atoms with Crippen LogP contribution in [0.4, 0.5) is 5.69 Å². The minimum absolute atomic E-state index is 0.0358. The second-order valence-corrected chi connectivity index (χ2v) is 12.9. The van der Waals surface area contributed by atoms with E-state index in [0.717, 1.165) is 28.0 Å². The average molecular weight is 578 g/mol. The predicted octanol–water partition coefficient (Wildman–Crippen LogP) is 4.55. The van der Waals surface area contributed by atoms with Gasteiger partial charge < -0.3 is 20.2 Å². The molecule has 40 heavy (non-hydrogen) atoms. The summed E-state index contributed by atoms with van der Waals surface area (Å²) in [6, 6.07) is 19.8. The predicted molar refractivity (Wildman–Crippen MR) is 151 cm³/mol. The summed E-state index contributed by atoms with van der Waals surface area (Å²) in [6.07, 6.45) is 1.12. The molecule has 6 rings (SSSR count). The van der Waals surface area contributed by atoms with Gasteiger partial charge >= 0.3 is 5.97 Å². The second-order valence-electron chi connectivity index (χ2n) is 10.1. The van der Waals surface area contributed by atoms with Gasteiger partial charge in [0, 0.05) is 42.5 Å². The van der Waals surface area contributed by atoms with E-state index in [2.05, 4.69) is 0 Å². The molecule has 2 aromatic carbocycles. The molecule has 0 atom stereocenters. The van der Waals surface area contributed by atoms with E-state index in [4.69, 9.17) is 10.2 Å². The summed E-state index contributed by atoms with van der Waals surface area (Å²) >= 11 is 0.884. The normalized spacial score (nSPS) is 16.3. The molecule has 1 amide bonds. The maximum Gasteiger partial charge on any atom is 0.345 e. The largest absolute Gasteiger partial charge is 0.477 e. The zero-order valence-corrected chi connectivity index (χ0v) is 23.1. The number of carboxylic acids is 1. The maximum atomic E-state index is 13.7. The number of hydrogen-bond donors (Lipinski definition) is 2. The fourth-order valence-electron chi connectivity index (χ4n) is 5.64. The van der Waals surface area contributed by atoms with Crippen LogP contribution in [0.2, 0.25) is 0 Å². The van der Waals surface area contributed by atoms with Crippen molar-refractivity contribution >= 4 is 38.9 Å². The number of amides is 1. The number of thiophene rings is 1. The quantitative estimate of drug-likeness (QED) is 0.343. The zero-order valence-electron chi connectivity index (χ0n) is 21.4. The van der Waals surface area contributed by atoms with E-state index in [1.807, 2.05) is 42.5 Å². The summed E-state index contributed by atoms with van der Waals surface area (Å²) < 4.78 is 34.7. The van der Waals surface area contributed by atoms with Crippen LogP contribution in [0.25, 0.3) is 11.3 Å². The number of carboxylic acid groups (broad SMARTS) is 1. The lowest BCUT2D eigenvalue weighted by Crippen LogP contribution is -2.47. The number of fused-ring (bicyclic) bond motifs is 2. The molecule has 1 fully saturated rings. The Bertz CT molecular complexity index is 1700. The van der Waals surface area contributed by atoms with E-state index >= 15 is 0 Å². The molecule has 1 spiro atoms. The van der Waals surface area contributed by atoms with Crippen LogP contribution < -0.4 is 10.0 Å². The number of benzene rings is 2. The minimum atomic E-state index is -4.00. The van der Waals surface area contributed by atoms with E-state index in [1.54, 1.807) is 23.1 Å². The van der Waals surface area contributed by atoms with Crippen molar-refractivity contribution in [1.82, 2.24) is 4.90 Å². The first-order valence-corrected chi connectivity index (χ1v) is 15.2. The van der Waals surface area contributed by atoms with Crippen molar-refractivity contribution in [3.63, 3.8) is 0 Å². The molecule has 206 valence electrons. The number of anilines is 1. The number of nitrogens with two attached hydrogens (primary N) is 1. The lowest BCUT2D eigenvalue weighted by molar-refractivity contribution is 0.0643. The van der Waals surface area contributed by atoms with Crippen molar-refractivity contribution in [2.75, 3.05) is 23.9 Å². The molecule has 2 aliphatic rings. The standard InChI is InChI=1S/C29H27N3O6S2/c30-16-19-6-7-23-22(14-19)29(18-32(23)40(36,37)21-15-26(28(34)35)39-17-21)10-12-31(13-11-29)27(33)25-9-8-24(38-25)20-4-2-1-3-5-20/h1-9,14-15,17H,10-13,16,18,30H2,(H,34,35). The monoisotopic (exact) mass is 577 g/mol. The second kappa shape index (κ2) is 9.92. The molecule has 1 saturated heterocycles. The van der Waals surface area contributed by atoms with Crippen molar-refractivity contribution in [3.8, 4) is 11.3 Å². The third kappa shape index (κ3) is 4.40. The molecular weight excluding hydrogens is 550 g/mol. The summed E-state index contributed by atoms with van der Waals surface area (Å²) in [5.41, 5.74) is 8.66. The number of furan rings is 1. The summed E-state index contributed by atoms with van der Waals surface area (Å²) in [5.74, 6) is -0.475. The number of hydrogen-bond acceptors (Lipinski definition) is 7. The van der Waals surface area contributed by atoms with E-state index in [1.165, 1.54) is 15.8 Å². The lowest BCUT2D eigenvalue weighted by atomic mass is 9.74. The molecule has 4 aromatic rings. The van der Waals surface area contributed by atoms with Gasteiger partial charge in [0.15, 0.2) is 5.76 Å². The van der Waals surface area contributed by atoms with Gasteiger partial charge in [0.2, 0.25) is 0 Å². The highest BCUT2D eigenvalue weighted by Gasteiger charge is 2.49. The Morgan fingerprint density at radius 1 is 1.02 bits per heavy atom. The highest BCUT2D eigenvalue weighted by molar-refractivity contribution is 7.93. The van der Waals surface area contributed by atoms with Crippen molar-refractivity contribution in [3.05, 3.63) is 93.9 Å². The molecule has 3 N–H and O–H groups in total. The topological polar surface area (TPSA) is 134 Å². The molecule has 0 radical (unpaired) electrons. The van der Waals surface area contributed by atoms with Gasteiger partial charge in [-0.25, -0.2) is 13.2 Å². The van der Waals surface area contributed by atoms with Crippen LogP contribution in [-0.2, 0) is 22.0 Å². The minimum Gasteiger partial charge on any atom is -0.477 e. The van der Waals surface area contributed by atoms with E-state index in [-0.39, 0.29) is 28.0 Å². The Morgan fingerprint density at radius 3 is 2.45 bits per heavy atom. The molecule has 0 unspecified atom stereocenters. The molecule has 11 heteroatoms. The van der Waals surface area contributed by atoms with Crippen molar-refractivity contribution in [1.29, 1.82) is 0 Å². The summed E-state index contributed by atoms with van der Waals surface area (Å²) in [5, 5.41) is 10.7. The van der Waals surface area contributed by atoms with Crippen molar-refractivity contribution < 1.29 is 27.5 Å². The third-order valence-electron chi connectivity index (χ3n) is 7.84. The van der Waals surface area contributed by atoms with Crippen LogP contribution in [0, 0.1) is 0 Å². The summed E-state index contributed by atoms with van der Waals surface area (Å²) in [4.78, 5) is 26.4. The van der Waals surface area contributed by atoms with E-state index < -0.39 is 21.4 Å². The van der Waals surface area contributed by atoms with Crippen LogP contribution in [0.15, 0.2) is 81.4 Å². The van der Waals surface area contributed by atoms with Crippen LogP contribution in [0.3, 0.4) is 0 Å². The number of piperidine rings is 1. The van der Waals surface area contributed by atoms with Crippen LogP contribution in [0.5, 0.6) is 0 Å². The first-order valence-electron chi connectivity index (χ1n) is 12.8. The molecule has 2 aliphatic heterocycles. The molecule has 9 nitrogen and oxygen atoms in total. The smallest absolute Gasteiger partial charge is 0.345 e. The summed E-state index contributed by atoms with van der Waals surface area (Å²) in [6.45, 7) is 1.39. The van der Waals surface area contributed by atoms with Crippen molar-refractivity contribution in [2.45, 2.75) is 29.7 Å². The van der Waals surface area contributed by atoms with Crippen molar-refractivity contribution in [2.24, 2.45) is 5.73 Å². The molecule has 0 bridgehead atoms. The number of sulfonamides is 1. The zero-order chi connectivity index (χ0) is 28.1. The van der Waals surface area contributed by atoms with Gasteiger partial charge in [-0.15, -0.1) is 11.3 Å². The maximum absolute atomic E-state index is 13.7. The Labute approximate surface area is 235 Å². The fraction of sp³-hybridized carbons (Fsp3) is 0.241. The van der Waals surface area contributed by atoms with Gasteiger partial charge in [0.05, 0.1) is 10.6 Å². The fourth-order valence-corrected chi connectivity index (χ4v) is 8.31. The Hall–Kier alpha value is -3.93. The van der Waals surface area contributed by atoms with Gasteiger partial charge in [-0.2, -0.15) is 0 Å². The first-order chi connectivity index (χ1) is 19.2. The number of nitrogens with zero attached hydrogens (tertiary/aromatic N) is 2. The number of carbonyl (C=O) groups is 2. The molecule has 0 aliphatic carbocycles. The lowest BCUT2D eigenvalue weighted by Gasteiger charge is -2.39. The highest BCUT2D eigenvalue weighted by atomic mass is 32.2. The van der Waals surface area contributed by atoms with Gasteiger partial charge in [0.25, 0.3) is 15.9 Å². The number of likely N-dealkylation sites (tertiary alicyclic amines) is 1. The first kappa shape index (κ1) is 26.3. The average Bonchev–Trinajstić information content (AvgIpc) is 3.73. The SMILES string of the molecule is NCc1ccc2c(c1)C1(CCN(C(=O)c3ccc(-c4ccccc4)o3)CC1)CN2S(=O)(=O)c1csc(C(=O)O)c1. The number of carbonyl (C=O) groups excluding carboxylic acids is 1. The summed E-state index contributed by atoms with van der Waals surface area (Å²) in [7, 11) is -4.00. The van der Waals surface area contributed by atoms with Gasteiger partial charge in [-0.05, 0) is 48.2 Å². The Kier molecular flexibility index (Phi) is 6.52. The molecular formula is C29H27N3O6S2. The Morgan fingerprint density at radius 2 is 1.77 bits per heavy atom. The highest BCUT2D eigenvalue weighted by Crippen LogP contribution is 2.49. The molecule has 4 heterocycles. The van der Waals surface area contributed by atoms with Gasteiger partial charge in [0.1, 0.15) is 10.6 Å². The molecule has 2 aromatic heterocycles. The van der Waals surface area contributed by atoms with Crippen LogP contribution in [0.1, 0.15) is 44.2 Å². The number of rotatable bonds is 6. The van der Waals surface area contributed by atoms with Gasteiger partial charge in [-0.1, -0.05) is 42.5 Å². The van der Waals surface area contributed by atoms with E-state index in [9.17, 15) is 23.1 Å². The van der Waals surface area contributed by atoms with E-state index in [0.29, 0.717) is 43.9 Å². The van der Waals surface area contributed by atoms with Crippen LogP contribution in [-0.4, -0.2) is 49.9 Å². The Balaban J connectivity index is 1.26. The van der Waals surface area contributed by atoms with Crippen LogP contribution >= 0.6 is 11.3 Å². The van der Waals surface area contributed by atoms with Gasteiger partial charge in [-0.3, -0.25) is 9.10 Å².